The lowest BCUT2D eigenvalue weighted by Crippen LogP contribution is -2.35. The molecule has 3 rings (SSSR count). The zero-order valence-electron chi connectivity index (χ0n) is 19.8. The normalized spacial score (nSPS) is 13.4. The first-order valence-electron chi connectivity index (χ1n) is 12.3. The third-order valence-corrected chi connectivity index (χ3v) is 5.88. The highest BCUT2D eigenvalue weighted by Crippen LogP contribution is 2.17. The molecule has 0 bridgehead atoms. The van der Waals surface area contributed by atoms with Gasteiger partial charge in [0.2, 0.25) is 5.91 Å². The minimum Gasteiger partial charge on any atom is -0.494 e. The van der Waals surface area contributed by atoms with Gasteiger partial charge in [0.1, 0.15) is 5.75 Å². The number of unbranched alkanes of at least 4 members (excludes halogenated alkanes) is 4. The molecule has 0 unspecified atom stereocenters. The number of anilines is 2. The summed E-state index contributed by atoms with van der Waals surface area (Å²) < 4.78 is 5.76. The van der Waals surface area contributed by atoms with Crippen LogP contribution in [-0.2, 0) is 4.79 Å². The standard InChI is InChI=1S/C27H37N3O3/c1-2-3-4-5-9-20-33-25-16-14-24(15-17-25)29-26(31)21-28-23-12-10-22(11-13-23)27(32)30-18-7-6-8-19-30/h10-17,28H,2-9,18-21H2,1H3,(H,29,31). The predicted octanol–water partition coefficient (Wildman–Crippen LogP) is 5.71. The Morgan fingerprint density at radius 2 is 1.52 bits per heavy atom. The number of carbonyl (C=O) groups is 2. The molecule has 6 heteroatoms. The van der Waals surface area contributed by atoms with E-state index in [2.05, 4.69) is 17.6 Å². The highest BCUT2D eigenvalue weighted by atomic mass is 16.5. The van der Waals surface area contributed by atoms with Crippen LogP contribution in [0.15, 0.2) is 48.5 Å². The van der Waals surface area contributed by atoms with Crippen LogP contribution >= 0.6 is 0 Å². The molecule has 2 aromatic rings. The molecule has 1 aliphatic rings. The quantitative estimate of drug-likeness (QED) is 0.405. The zero-order chi connectivity index (χ0) is 23.3. The Balaban J connectivity index is 1.37. The van der Waals surface area contributed by atoms with Crippen LogP contribution in [-0.4, -0.2) is 43.0 Å². The highest BCUT2D eigenvalue weighted by molar-refractivity contribution is 5.95. The predicted molar refractivity (Wildman–Crippen MR) is 134 cm³/mol. The monoisotopic (exact) mass is 451 g/mol. The van der Waals surface area contributed by atoms with E-state index in [-0.39, 0.29) is 18.4 Å². The zero-order valence-corrected chi connectivity index (χ0v) is 19.8. The first-order valence-corrected chi connectivity index (χ1v) is 12.3. The maximum absolute atomic E-state index is 12.5. The highest BCUT2D eigenvalue weighted by Gasteiger charge is 2.17. The molecule has 6 nitrogen and oxygen atoms in total. The molecule has 0 aromatic heterocycles. The molecule has 1 heterocycles. The molecule has 2 N–H and O–H groups in total. The van der Waals surface area contributed by atoms with Crippen LogP contribution < -0.4 is 15.4 Å². The summed E-state index contributed by atoms with van der Waals surface area (Å²) in [6, 6.07) is 14.8. The molecule has 1 fully saturated rings. The minimum atomic E-state index is -0.131. The molecule has 2 amide bonds. The third kappa shape index (κ3) is 8.44. The van der Waals surface area contributed by atoms with Crippen LogP contribution in [0.5, 0.6) is 5.75 Å². The van der Waals surface area contributed by atoms with Crippen LogP contribution in [0.4, 0.5) is 11.4 Å². The second-order valence-corrected chi connectivity index (χ2v) is 8.62. The van der Waals surface area contributed by atoms with Gasteiger partial charge in [0.25, 0.3) is 5.91 Å². The number of rotatable bonds is 12. The van der Waals surface area contributed by atoms with Crippen LogP contribution in [0.25, 0.3) is 0 Å². The molecular weight excluding hydrogens is 414 g/mol. The minimum absolute atomic E-state index is 0.0860. The lowest BCUT2D eigenvalue weighted by molar-refractivity contribution is -0.114. The average Bonchev–Trinajstić information content (AvgIpc) is 2.86. The van der Waals surface area contributed by atoms with Gasteiger partial charge in [-0.3, -0.25) is 9.59 Å². The lowest BCUT2D eigenvalue weighted by atomic mass is 10.1. The van der Waals surface area contributed by atoms with Crippen molar-refractivity contribution in [2.75, 3.05) is 36.9 Å². The van der Waals surface area contributed by atoms with E-state index in [0.29, 0.717) is 5.56 Å². The Morgan fingerprint density at radius 1 is 0.848 bits per heavy atom. The molecule has 33 heavy (non-hydrogen) atoms. The van der Waals surface area contributed by atoms with Crippen molar-refractivity contribution in [1.82, 2.24) is 4.90 Å². The summed E-state index contributed by atoms with van der Waals surface area (Å²) in [7, 11) is 0. The molecule has 1 aliphatic heterocycles. The number of likely N-dealkylation sites (tertiary alicyclic amines) is 1. The maximum Gasteiger partial charge on any atom is 0.253 e. The summed E-state index contributed by atoms with van der Waals surface area (Å²) in [6.45, 7) is 4.76. The molecular formula is C27H37N3O3. The van der Waals surface area contributed by atoms with E-state index in [1.165, 1.54) is 32.1 Å². The van der Waals surface area contributed by atoms with Gasteiger partial charge in [-0.05, 0) is 74.2 Å². The number of piperidine rings is 1. The van der Waals surface area contributed by atoms with Gasteiger partial charge in [-0.1, -0.05) is 32.6 Å². The smallest absolute Gasteiger partial charge is 0.253 e. The number of nitrogens with zero attached hydrogens (tertiary/aromatic N) is 1. The Morgan fingerprint density at radius 3 is 2.21 bits per heavy atom. The van der Waals surface area contributed by atoms with E-state index in [1.807, 2.05) is 53.4 Å². The van der Waals surface area contributed by atoms with Gasteiger partial charge >= 0.3 is 0 Å². The number of hydrogen-bond donors (Lipinski definition) is 2. The summed E-state index contributed by atoms with van der Waals surface area (Å²) in [5, 5.41) is 5.99. The van der Waals surface area contributed by atoms with E-state index in [1.54, 1.807) is 0 Å². The van der Waals surface area contributed by atoms with Crippen molar-refractivity contribution in [3.05, 3.63) is 54.1 Å². The number of nitrogens with one attached hydrogen (secondary N) is 2. The van der Waals surface area contributed by atoms with E-state index in [0.717, 1.165) is 56.1 Å². The van der Waals surface area contributed by atoms with Crippen molar-refractivity contribution in [2.24, 2.45) is 0 Å². The molecule has 1 saturated heterocycles. The van der Waals surface area contributed by atoms with Gasteiger partial charge in [-0.15, -0.1) is 0 Å². The second kappa shape index (κ2) is 13.5. The topological polar surface area (TPSA) is 70.7 Å². The number of hydrogen-bond acceptors (Lipinski definition) is 4. The summed E-state index contributed by atoms with van der Waals surface area (Å²) >= 11 is 0. The number of carbonyl (C=O) groups excluding carboxylic acids is 2. The van der Waals surface area contributed by atoms with Gasteiger partial charge < -0.3 is 20.3 Å². The van der Waals surface area contributed by atoms with Crippen LogP contribution in [0.2, 0.25) is 0 Å². The number of benzene rings is 2. The Labute approximate surface area is 197 Å². The molecule has 0 atom stereocenters. The Bertz CT molecular complexity index is 859. The largest absolute Gasteiger partial charge is 0.494 e. The van der Waals surface area contributed by atoms with Crippen molar-refractivity contribution in [3.8, 4) is 5.75 Å². The first-order chi connectivity index (χ1) is 16.2. The van der Waals surface area contributed by atoms with E-state index in [9.17, 15) is 9.59 Å². The van der Waals surface area contributed by atoms with Crippen LogP contribution in [0.3, 0.4) is 0 Å². The maximum atomic E-state index is 12.5. The molecule has 2 aromatic carbocycles. The number of amides is 2. The fraction of sp³-hybridized carbons (Fsp3) is 0.481. The molecule has 0 aliphatic carbocycles. The van der Waals surface area contributed by atoms with Crippen LogP contribution in [0.1, 0.15) is 68.6 Å². The SMILES string of the molecule is CCCCCCCOc1ccc(NC(=O)CNc2ccc(C(=O)N3CCCCC3)cc2)cc1. The van der Waals surface area contributed by atoms with Crippen LogP contribution in [0, 0.1) is 0 Å². The van der Waals surface area contributed by atoms with Crippen molar-refractivity contribution >= 4 is 23.2 Å². The van der Waals surface area contributed by atoms with Gasteiger partial charge in [-0.2, -0.15) is 0 Å². The van der Waals surface area contributed by atoms with Crippen molar-refractivity contribution < 1.29 is 14.3 Å². The van der Waals surface area contributed by atoms with Gasteiger partial charge in [0, 0.05) is 30.0 Å². The molecule has 178 valence electrons. The van der Waals surface area contributed by atoms with E-state index >= 15 is 0 Å². The fourth-order valence-electron chi connectivity index (χ4n) is 3.93. The molecule has 0 spiro atoms. The van der Waals surface area contributed by atoms with Crippen molar-refractivity contribution in [3.63, 3.8) is 0 Å². The Kier molecular flexibility index (Phi) is 10.1. The summed E-state index contributed by atoms with van der Waals surface area (Å²) in [6.07, 6.45) is 9.42. The molecule has 0 saturated carbocycles. The van der Waals surface area contributed by atoms with Gasteiger partial charge in [0.05, 0.1) is 13.2 Å². The van der Waals surface area contributed by atoms with Crippen molar-refractivity contribution in [1.29, 1.82) is 0 Å². The summed E-state index contributed by atoms with van der Waals surface area (Å²) in [5.41, 5.74) is 2.23. The summed E-state index contributed by atoms with van der Waals surface area (Å²) in [5.74, 6) is 0.775. The van der Waals surface area contributed by atoms with Gasteiger partial charge in [-0.25, -0.2) is 0 Å². The third-order valence-electron chi connectivity index (χ3n) is 5.88. The average molecular weight is 452 g/mol. The lowest BCUT2D eigenvalue weighted by Gasteiger charge is -2.26. The van der Waals surface area contributed by atoms with E-state index in [4.69, 9.17) is 4.74 Å². The summed E-state index contributed by atoms with van der Waals surface area (Å²) in [4.78, 5) is 26.8. The first kappa shape index (κ1) is 24.6. The number of ether oxygens (including phenoxy) is 1. The Hall–Kier alpha value is -3.02. The second-order valence-electron chi connectivity index (χ2n) is 8.62. The van der Waals surface area contributed by atoms with Gasteiger partial charge in [0.15, 0.2) is 0 Å². The fourth-order valence-corrected chi connectivity index (χ4v) is 3.93. The van der Waals surface area contributed by atoms with Crippen molar-refractivity contribution in [2.45, 2.75) is 58.3 Å². The molecule has 0 radical (unpaired) electrons. The van der Waals surface area contributed by atoms with E-state index < -0.39 is 0 Å².